The molecule has 8 heteroatoms. The Morgan fingerprint density at radius 3 is 2.28 bits per heavy atom. The molecule has 0 aromatic heterocycles. The maximum absolute atomic E-state index is 13.0. The van der Waals surface area contributed by atoms with Crippen LogP contribution in [0.5, 0.6) is 5.75 Å². The average Bonchev–Trinajstić information content (AvgIpc) is 2.74. The molecule has 0 heterocycles. The lowest BCUT2D eigenvalue weighted by Crippen LogP contribution is -2.33. The topological polar surface area (TPSA) is 63.7 Å². The van der Waals surface area contributed by atoms with Gasteiger partial charge in [0.15, 0.2) is 0 Å². The molecule has 0 bridgehead atoms. The number of carbonyl (C=O) groups excluding carboxylic acids is 1. The summed E-state index contributed by atoms with van der Waals surface area (Å²) in [6.07, 6.45) is 0. The Balaban J connectivity index is 1.74. The summed E-state index contributed by atoms with van der Waals surface area (Å²) in [6, 6.07) is 17.6. The highest BCUT2D eigenvalue weighted by atomic mass is 35.5. The summed E-state index contributed by atoms with van der Waals surface area (Å²) < 4.78 is 42.9. The fraction of sp³-hybridized carbons (Fsp3) is 0.208. The van der Waals surface area contributed by atoms with Gasteiger partial charge in [0.1, 0.15) is 16.5 Å². The van der Waals surface area contributed by atoms with Crippen LogP contribution in [0.2, 0.25) is 5.02 Å². The molecule has 0 N–H and O–H groups in total. The van der Waals surface area contributed by atoms with E-state index in [1.165, 1.54) is 12.1 Å². The third-order valence-corrected chi connectivity index (χ3v) is 6.05. The maximum atomic E-state index is 13.0. The molecule has 0 atom stereocenters. The van der Waals surface area contributed by atoms with Crippen LogP contribution in [0.1, 0.15) is 29.8 Å². The zero-order valence-corrected chi connectivity index (χ0v) is 19.2. The molecule has 3 aromatic rings. The highest BCUT2D eigenvalue weighted by Gasteiger charge is 2.19. The largest absolute Gasteiger partial charge is 0.379 e. The Morgan fingerprint density at radius 1 is 1.03 bits per heavy atom. The molecule has 168 valence electrons. The lowest BCUT2D eigenvalue weighted by Gasteiger charge is -2.25. The van der Waals surface area contributed by atoms with Crippen LogP contribution < -0.4 is 4.18 Å². The van der Waals surface area contributed by atoms with Crippen molar-refractivity contribution in [2.75, 3.05) is 6.54 Å². The molecule has 0 unspecified atom stereocenters. The van der Waals surface area contributed by atoms with Crippen LogP contribution in [0, 0.1) is 11.7 Å². The molecule has 0 aliphatic heterocycles. The van der Waals surface area contributed by atoms with Crippen molar-refractivity contribution in [3.8, 4) is 5.75 Å². The number of nitrogens with zero attached hydrogens (tertiary/aromatic N) is 1. The van der Waals surface area contributed by atoms with E-state index in [1.807, 2.05) is 13.8 Å². The standard InChI is InChI=1S/C24H23ClFNO4S/c1-17(2)15-27(24(28)19-4-3-5-20(25)14-19)16-18-6-10-22(11-7-18)31-32(29,30)23-12-8-21(26)9-13-23/h3-14,17H,15-16H2,1-2H3. The van der Waals surface area contributed by atoms with Crippen LogP contribution in [0.3, 0.4) is 0 Å². The van der Waals surface area contributed by atoms with Gasteiger partial charge in [-0.15, -0.1) is 0 Å². The molecule has 0 saturated heterocycles. The Kier molecular flexibility index (Phi) is 7.53. The van der Waals surface area contributed by atoms with Gasteiger partial charge in [-0.3, -0.25) is 4.79 Å². The van der Waals surface area contributed by atoms with Crippen LogP contribution in [0.15, 0.2) is 77.7 Å². The number of rotatable bonds is 8. The first-order valence-corrected chi connectivity index (χ1v) is 11.8. The van der Waals surface area contributed by atoms with E-state index in [4.69, 9.17) is 15.8 Å². The van der Waals surface area contributed by atoms with Crippen molar-refractivity contribution in [1.82, 2.24) is 4.90 Å². The van der Waals surface area contributed by atoms with Crippen molar-refractivity contribution in [1.29, 1.82) is 0 Å². The van der Waals surface area contributed by atoms with Gasteiger partial charge < -0.3 is 9.08 Å². The highest BCUT2D eigenvalue weighted by molar-refractivity contribution is 7.87. The highest BCUT2D eigenvalue weighted by Crippen LogP contribution is 2.21. The summed E-state index contributed by atoms with van der Waals surface area (Å²) in [7, 11) is -4.08. The predicted octanol–water partition coefficient (Wildman–Crippen LogP) is 5.55. The predicted molar refractivity (Wildman–Crippen MR) is 122 cm³/mol. The molecule has 3 rings (SSSR count). The summed E-state index contributed by atoms with van der Waals surface area (Å²) in [6.45, 7) is 4.93. The number of benzene rings is 3. The van der Waals surface area contributed by atoms with Gasteiger partial charge in [-0.1, -0.05) is 43.6 Å². The van der Waals surface area contributed by atoms with Gasteiger partial charge in [-0.2, -0.15) is 8.42 Å². The fourth-order valence-electron chi connectivity index (χ4n) is 3.11. The first-order chi connectivity index (χ1) is 15.1. The summed E-state index contributed by atoms with van der Waals surface area (Å²) >= 11 is 6.03. The Morgan fingerprint density at radius 2 is 1.69 bits per heavy atom. The quantitative estimate of drug-likeness (QED) is 0.401. The molecule has 0 aliphatic rings. The number of halogens is 2. The minimum absolute atomic E-state index is 0.120. The van der Waals surface area contributed by atoms with Crippen LogP contribution in [-0.2, 0) is 16.7 Å². The van der Waals surface area contributed by atoms with Crippen molar-refractivity contribution in [3.63, 3.8) is 0 Å². The zero-order chi connectivity index (χ0) is 23.3. The fourth-order valence-corrected chi connectivity index (χ4v) is 4.23. The van der Waals surface area contributed by atoms with E-state index in [0.717, 1.165) is 29.8 Å². The molecular weight excluding hydrogens is 453 g/mol. The number of carbonyl (C=O) groups is 1. The molecule has 0 fully saturated rings. The molecule has 5 nitrogen and oxygen atoms in total. The number of amides is 1. The van der Waals surface area contributed by atoms with E-state index in [1.54, 1.807) is 41.3 Å². The van der Waals surface area contributed by atoms with Gasteiger partial charge in [0, 0.05) is 23.7 Å². The first kappa shape index (κ1) is 23.8. The van der Waals surface area contributed by atoms with Crippen LogP contribution in [-0.4, -0.2) is 25.8 Å². The molecule has 1 amide bonds. The molecule has 0 radical (unpaired) electrons. The molecule has 32 heavy (non-hydrogen) atoms. The average molecular weight is 476 g/mol. The SMILES string of the molecule is CC(C)CN(Cc1ccc(OS(=O)(=O)c2ccc(F)cc2)cc1)C(=O)c1cccc(Cl)c1. The second-order valence-electron chi connectivity index (χ2n) is 7.73. The van der Waals surface area contributed by atoms with E-state index in [9.17, 15) is 17.6 Å². The Hall–Kier alpha value is -2.90. The van der Waals surface area contributed by atoms with Crippen molar-refractivity contribution in [2.45, 2.75) is 25.3 Å². The maximum Gasteiger partial charge on any atom is 0.339 e. The van der Waals surface area contributed by atoms with Gasteiger partial charge in [0.2, 0.25) is 0 Å². The van der Waals surface area contributed by atoms with Crippen LogP contribution in [0.25, 0.3) is 0 Å². The molecule has 0 spiro atoms. The molecular formula is C24H23ClFNO4S. The van der Waals surface area contributed by atoms with E-state index < -0.39 is 15.9 Å². The summed E-state index contributed by atoms with van der Waals surface area (Å²) in [5.41, 5.74) is 1.32. The van der Waals surface area contributed by atoms with Crippen molar-refractivity contribution >= 4 is 27.6 Å². The second-order valence-corrected chi connectivity index (χ2v) is 9.71. The third kappa shape index (κ3) is 6.31. The summed E-state index contributed by atoms with van der Waals surface area (Å²) in [5, 5.41) is 0.490. The van der Waals surface area contributed by atoms with Crippen molar-refractivity contribution in [2.24, 2.45) is 5.92 Å². The number of hydrogen-bond donors (Lipinski definition) is 0. The number of hydrogen-bond acceptors (Lipinski definition) is 4. The Labute approximate surface area is 192 Å². The minimum atomic E-state index is -4.08. The van der Waals surface area contributed by atoms with Gasteiger partial charge in [0.25, 0.3) is 5.91 Å². The van der Waals surface area contributed by atoms with E-state index >= 15 is 0 Å². The van der Waals surface area contributed by atoms with Gasteiger partial charge >= 0.3 is 10.1 Å². The lowest BCUT2D eigenvalue weighted by atomic mass is 10.1. The first-order valence-electron chi connectivity index (χ1n) is 9.98. The normalized spacial score (nSPS) is 11.4. The molecule has 3 aromatic carbocycles. The molecule has 0 saturated carbocycles. The minimum Gasteiger partial charge on any atom is -0.379 e. The monoisotopic (exact) mass is 475 g/mol. The van der Waals surface area contributed by atoms with Crippen LogP contribution >= 0.6 is 11.6 Å². The summed E-state index contributed by atoms with van der Waals surface area (Å²) in [4.78, 5) is 14.6. The third-order valence-electron chi connectivity index (χ3n) is 4.55. The van der Waals surface area contributed by atoms with Crippen molar-refractivity contribution < 1.29 is 21.8 Å². The summed E-state index contributed by atoms with van der Waals surface area (Å²) in [5.74, 6) is -0.303. The Bertz CT molecular complexity index is 1180. The van der Waals surface area contributed by atoms with E-state index in [0.29, 0.717) is 23.7 Å². The van der Waals surface area contributed by atoms with Gasteiger partial charge in [-0.25, -0.2) is 4.39 Å². The van der Waals surface area contributed by atoms with Gasteiger partial charge in [0.05, 0.1) is 0 Å². The molecule has 0 aliphatic carbocycles. The van der Waals surface area contributed by atoms with Crippen LogP contribution in [0.4, 0.5) is 4.39 Å². The van der Waals surface area contributed by atoms with Gasteiger partial charge in [-0.05, 0) is 66.1 Å². The van der Waals surface area contributed by atoms with E-state index in [2.05, 4.69) is 0 Å². The van der Waals surface area contributed by atoms with Crippen molar-refractivity contribution in [3.05, 3.63) is 94.8 Å². The smallest absolute Gasteiger partial charge is 0.339 e. The zero-order valence-electron chi connectivity index (χ0n) is 17.7. The lowest BCUT2D eigenvalue weighted by molar-refractivity contribution is 0.0722. The second kappa shape index (κ2) is 10.1. The van der Waals surface area contributed by atoms with E-state index in [-0.39, 0.29) is 22.5 Å².